The summed E-state index contributed by atoms with van der Waals surface area (Å²) in [5.74, 6) is 0.751. The molecule has 0 saturated heterocycles. The largest absolute Gasteiger partial charge is 0.507 e. The number of fused-ring (bicyclic) bond motifs is 1. The molecule has 1 N–H and O–H groups in total. The lowest BCUT2D eigenvalue weighted by molar-refractivity contribution is 0.410. The highest BCUT2D eigenvalue weighted by Gasteiger charge is 2.10. The lowest BCUT2D eigenvalue weighted by atomic mass is 10.1. The molecule has 0 bridgehead atoms. The second kappa shape index (κ2) is 4.13. The van der Waals surface area contributed by atoms with E-state index in [-0.39, 0.29) is 11.3 Å². The summed E-state index contributed by atoms with van der Waals surface area (Å²) in [5, 5.41) is 10.5. The van der Waals surface area contributed by atoms with E-state index in [1.165, 1.54) is 10.6 Å². The normalized spacial score (nSPS) is 10.8. The summed E-state index contributed by atoms with van der Waals surface area (Å²) in [6, 6.07) is 4.88. The number of ether oxygens (including phenoxy) is 1. The predicted molar refractivity (Wildman–Crippen MR) is 66.8 cm³/mol. The first kappa shape index (κ1) is 11.5. The Hall–Kier alpha value is -1.97. The van der Waals surface area contributed by atoms with E-state index >= 15 is 0 Å². The van der Waals surface area contributed by atoms with Crippen LogP contribution in [0.4, 0.5) is 0 Å². The zero-order valence-electron chi connectivity index (χ0n) is 10.2. The Morgan fingerprint density at radius 2 is 2.06 bits per heavy atom. The number of pyridine rings is 1. The minimum atomic E-state index is -0.235. The van der Waals surface area contributed by atoms with E-state index in [2.05, 4.69) is 0 Å². The van der Waals surface area contributed by atoms with Gasteiger partial charge in [-0.1, -0.05) is 6.92 Å². The molecule has 0 amide bonds. The maximum absolute atomic E-state index is 11.6. The maximum Gasteiger partial charge on any atom is 0.254 e. The van der Waals surface area contributed by atoms with Crippen molar-refractivity contribution in [2.45, 2.75) is 13.3 Å². The summed E-state index contributed by atoms with van der Waals surface area (Å²) in [6.45, 7) is 2.02. The summed E-state index contributed by atoms with van der Waals surface area (Å²) in [7, 11) is 3.27. The van der Waals surface area contributed by atoms with Crippen LogP contribution < -0.4 is 10.3 Å². The molecule has 0 spiro atoms. The number of aryl methyl sites for hydroxylation is 2. The van der Waals surface area contributed by atoms with Gasteiger partial charge >= 0.3 is 0 Å². The third kappa shape index (κ3) is 1.75. The lowest BCUT2D eigenvalue weighted by Crippen LogP contribution is -2.15. The van der Waals surface area contributed by atoms with Gasteiger partial charge in [0.15, 0.2) is 0 Å². The number of hydrogen-bond donors (Lipinski definition) is 1. The molecule has 2 aromatic rings. The first-order valence-corrected chi connectivity index (χ1v) is 5.48. The van der Waals surface area contributed by atoms with Gasteiger partial charge in [0, 0.05) is 24.6 Å². The van der Waals surface area contributed by atoms with Crippen LogP contribution in [0.2, 0.25) is 0 Å². The van der Waals surface area contributed by atoms with Crippen LogP contribution in [-0.4, -0.2) is 16.8 Å². The molecule has 0 aliphatic carbocycles. The molecule has 0 saturated carbocycles. The molecule has 0 unspecified atom stereocenters. The van der Waals surface area contributed by atoms with Crippen LogP contribution >= 0.6 is 0 Å². The zero-order valence-corrected chi connectivity index (χ0v) is 10.2. The quantitative estimate of drug-likeness (QED) is 0.860. The highest BCUT2D eigenvalue weighted by Crippen LogP contribution is 2.29. The summed E-state index contributed by atoms with van der Waals surface area (Å²) < 4.78 is 6.78. The summed E-state index contributed by atoms with van der Waals surface area (Å²) >= 11 is 0. The van der Waals surface area contributed by atoms with E-state index in [9.17, 15) is 9.90 Å². The molecule has 1 heterocycles. The average Bonchev–Trinajstić information content (AvgIpc) is 2.34. The van der Waals surface area contributed by atoms with Gasteiger partial charge in [-0.05, 0) is 18.1 Å². The van der Waals surface area contributed by atoms with Crippen molar-refractivity contribution in [2.75, 3.05) is 7.11 Å². The SMILES string of the molecule is CCc1cc2c(O)cc(=O)n(C)c2cc1OC. The molecule has 4 nitrogen and oxygen atoms in total. The van der Waals surface area contributed by atoms with Crippen LogP contribution in [-0.2, 0) is 13.5 Å². The van der Waals surface area contributed by atoms with E-state index in [0.29, 0.717) is 10.9 Å². The number of aromatic hydroxyl groups is 1. The number of aromatic nitrogens is 1. The number of rotatable bonds is 2. The summed E-state index contributed by atoms with van der Waals surface area (Å²) in [5.41, 5.74) is 1.44. The lowest BCUT2D eigenvalue weighted by Gasteiger charge is -2.12. The molecular formula is C13H15NO3. The minimum Gasteiger partial charge on any atom is -0.507 e. The molecule has 0 radical (unpaired) electrons. The van der Waals surface area contributed by atoms with E-state index < -0.39 is 0 Å². The van der Waals surface area contributed by atoms with Gasteiger partial charge in [0.1, 0.15) is 11.5 Å². The Labute approximate surface area is 99.1 Å². The fourth-order valence-electron chi connectivity index (χ4n) is 1.97. The summed E-state index contributed by atoms with van der Waals surface area (Å²) in [6.07, 6.45) is 0.807. The standard InChI is InChI=1S/C13H15NO3/c1-4-8-5-9-10(6-12(8)17-3)14(2)13(16)7-11(9)15/h5-7,15H,4H2,1-3H3. The molecule has 0 aliphatic rings. The highest BCUT2D eigenvalue weighted by atomic mass is 16.5. The molecular weight excluding hydrogens is 218 g/mol. The van der Waals surface area contributed by atoms with Crippen molar-refractivity contribution in [3.8, 4) is 11.5 Å². The van der Waals surface area contributed by atoms with Gasteiger partial charge < -0.3 is 14.4 Å². The van der Waals surface area contributed by atoms with Crippen molar-refractivity contribution in [1.29, 1.82) is 0 Å². The molecule has 0 aliphatic heterocycles. The van der Waals surface area contributed by atoms with Crippen molar-refractivity contribution < 1.29 is 9.84 Å². The third-order valence-corrected chi connectivity index (χ3v) is 3.01. The van der Waals surface area contributed by atoms with Gasteiger partial charge in [-0.15, -0.1) is 0 Å². The van der Waals surface area contributed by atoms with Gasteiger partial charge in [-0.25, -0.2) is 0 Å². The van der Waals surface area contributed by atoms with Crippen LogP contribution in [0.25, 0.3) is 10.9 Å². The average molecular weight is 233 g/mol. The van der Waals surface area contributed by atoms with Crippen molar-refractivity contribution in [3.63, 3.8) is 0 Å². The minimum absolute atomic E-state index is 0.0143. The van der Waals surface area contributed by atoms with Crippen LogP contribution in [0, 0.1) is 0 Å². The Kier molecular flexibility index (Phi) is 2.79. The van der Waals surface area contributed by atoms with Gasteiger partial charge in [-0.3, -0.25) is 4.79 Å². The molecule has 17 heavy (non-hydrogen) atoms. The Bertz CT molecular complexity index is 629. The van der Waals surface area contributed by atoms with Gasteiger partial charge in [-0.2, -0.15) is 0 Å². The second-order valence-corrected chi connectivity index (χ2v) is 3.96. The Morgan fingerprint density at radius 3 is 2.65 bits per heavy atom. The number of methoxy groups -OCH3 is 1. The Balaban J connectivity index is 2.92. The third-order valence-electron chi connectivity index (χ3n) is 3.01. The molecule has 0 fully saturated rings. The first-order chi connectivity index (χ1) is 8.08. The number of hydrogen-bond acceptors (Lipinski definition) is 3. The molecule has 2 rings (SSSR count). The van der Waals surface area contributed by atoms with Crippen LogP contribution in [0.15, 0.2) is 23.0 Å². The van der Waals surface area contributed by atoms with Crippen molar-refractivity contribution in [2.24, 2.45) is 7.05 Å². The number of nitrogens with zero attached hydrogens (tertiary/aromatic N) is 1. The van der Waals surface area contributed by atoms with E-state index in [1.807, 2.05) is 13.0 Å². The van der Waals surface area contributed by atoms with Crippen LogP contribution in [0.3, 0.4) is 0 Å². The Morgan fingerprint density at radius 1 is 1.35 bits per heavy atom. The van der Waals surface area contributed by atoms with E-state index in [0.717, 1.165) is 17.7 Å². The van der Waals surface area contributed by atoms with Gasteiger partial charge in [0.05, 0.1) is 12.6 Å². The number of benzene rings is 1. The highest BCUT2D eigenvalue weighted by molar-refractivity contribution is 5.87. The molecule has 90 valence electrons. The molecule has 4 heteroatoms. The zero-order chi connectivity index (χ0) is 12.6. The van der Waals surface area contributed by atoms with Crippen LogP contribution in [0.1, 0.15) is 12.5 Å². The smallest absolute Gasteiger partial charge is 0.254 e. The first-order valence-electron chi connectivity index (χ1n) is 5.48. The molecule has 0 atom stereocenters. The second-order valence-electron chi connectivity index (χ2n) is 3.96. The fourth-order valence-corrected chi connectivity index (χ4v) is 1.97. The summed E-state index contributed by atoms with van der Waals surface area (Å²) in [4.78, 5) is 11.6. The monoisotopic (exact) mass is 233 g/mol. The van der Waals surface area contributed by atoms with E-state index in [1.54, 1.807) is 20.2 Å². The molecule has 1 aromatic heterocycles. The van der Waals surface area contributed by atoms with Crippen molar-refractivity contribution >= 4 is 10.9 Å². The van der Waals surface area contributed by atoms with Gasteiger partial charge in [0.2, 0.25) is 0 Å². The fraction of sp³-hybridized carbons (Fsp3) is 0.308. The predicted octanol–water partition coefficient (Wildman–Crippen LogP) is 1.82. The van der Waals surface area contributed by atoms with Crippen molar-refractivity contribution in [1.82, 2.24) is 4.57 Å². The van der Waals surface area contributed by atoms with Crippen LogP contribution in [0.5, 0.6) is 11.5 Å². The topological polar surface area (TPSA) is 51.5 Å². The molecule has 1 aromatic carbocycles. The maximum atomic E-state index is 11.6. The van der Waals surface area contributed by atoms with Gasteiger partial charge in [0.25, 0.3) is 5.56 Å². The van der Waals surface area contributed by atoms with Crippen molar-refractivity contribution in [3.05, 3.63) is 34.1 Å². The van der Waals surface area contributed by atoms with E-state index in [4.69, 9.17) is 4.74 Å².